The smallest absolute Gasteiger partial charge is 0.410 e. The molecule has 1 atom stereocenters. The molecule has 0 bridgehead atoms. The molecule has 1 amide bonds. The zero-order valence-electron chi connectivity index (χ0n) is 12.1. The van der Waals surface area contributed by atoms with Gasteiger partial charge < -0.3 is 24.2 Å². The van der Waals surface area contributed by atoms with E-state index in [1.165, 1.54) is 19.1 Å². The molecule has 0 radical (unpaired) electrons. The number of ether oxygens (including phenoxy) is 3. The van der Waals surface area contributed by atoms with Crippen LogP contribution in [0.1, 0.15) is 20.8 Å². The maximum Gasteiger partial charge on any atom is 0.410 e. The summed E-state index contributed by atoms with van der Waals surface area (Å²) in [5, 5.41) is 8.68. The van der Waals surface area contributed by atoms with Crippen molar-refractivity contribution >= 4 is 12.1 Å². The van der Waals surface area contributed by atoms with Crippen LogP contribution in [0.4, 0.5) is 4.79 Å². The second-order valence-electron chi connectivity index (χ2n) is 4.97. The highest BCUT2D eigenvalue weighted by Crippen LogP contribution is 2.10. The van der Waals surface area contributed by atoms with Crippen LogP contribution in [0.25, 0.3) is 0 Å². The van der Waals surface area contributed by atoms with Gasteiger partial charge in [0, 0.05) is 7.05 Å². The maximum atomic E-state index is 11.7. The zero-order chi connectivity index (χ0) is 15.1. The van der Waals surface area contributed by atoms with Gasteiger partial charge in [-0.05, 0) is 20.8 Å². The average Bonchev–Trinajstić information content (AvgIpc) is 2.30. The van der Waals surface area contributed by atoms with Crippen molar-refractivity contribution in [2.45, 2.75) is 32.5 Å². The highest BCUT2D eigenvalue weighted by atomic mass is 16.6. The fourth-order valence-electron chi connectivity index (χ4n) is 1.18. The van der Waals surface area contributed by atoms with E-state index in [4.69, 9.17) is 14.6 Å². The molecule has 19 heavy (non-hydrogen) atoms. The number of carbonyl (C=O) groups is 2. The number of methoxy groups -OCH3 is 1. The predicted molar refractivity (Wildman–Crippen MR) is 67.7 cm³/mol. The summed E-state index contributed by atoms with van der Waals surface area (Å²) in [5.74, 6) is -0.608. The number of likely N-dealkylation sites (N-methyl/N-ethyl adjacent to an activating group) is 1. The van der Waals surface area contributed by atoms with E-state index < -0.39 is 23.8 Å². The number of aliphatic hydroxyl groups is 1. The molecule has 1 N–H and O–H groups in total. The Kier molecular flexibility index (Phi) is 7.40. The molecule has 0 aliphatic heterocycles. The standard InChI is InChI=1S/C12H23NO6/c1-12(2,3)19-11(16)13(4)8-9(10(15)17-5)18-7-6-14/h9,14H,6-8H2,1-5H3/t9-/m1/s1. The molecular weight excluding hydrogens is 254 g/mol. The number of amides is 1. The van der Waals surface area contributed by atoms with Crippen molar-refractivity contribution in [3.63, 3.8) is 0 Å². The van der Waals surface area contributed by atoms with Gasteiger partial charge in [0.1, 0.15) is 5.60 Å². The molecule has 0 saturated carbocycles. The van der Waals surface area contributed by atoms with E-state index in [2.05, 4.69) is 4.74 Å². The Hall–Kier alpha value is -1.34. The van der Waals surface area contributed by atoms with Crippen molar-refractivity contribution in [1.82, 2.24) is 4.90 Å². The highest BCUT2D eigenvalue weighted by Gasteiger charge is 2.26. The SMILES string of the molecule is COC(=O)[C@@H](CN(C)C(=O)OC(C)(C)C)OCCO. The first-order valence-electron chi connectivity index (χ1n) is 5.95. The van der Waals surface area contributed by atoms with Gasteiger partial charge in [0.15, 0.2) is 6.10 Å². The molecule has 0 fully saturated rings. The van der Waals surface area contributed by atoms with E-state index in [1.54, 1.807) is 20.8 Å². The number of carbonyl (C=O) groups excluding carboxylic acids is 2. The third kappa shape index (κ3) is 7.63. The topological polar surface area (TPSA) is 85.3 Å². The van der Waals surface area contributed by atoms with Crippen LogP contribution in [0.15, 0.2) is 0 Å². The predicted octanol–water partition coefficient (Wildman–Crippen LogP) is 0.404. The summed E-state index contributed by atoms with van der Waals surface area (Å²) >= 11 is 0. The van der Waals surface area contributed by atoms with Crippen LogP contribution >= 0.6 is 0 Å². The van der Waals surface area contributed by atoms with Gasteiger partial charge in [0.25, 0.3) is 0 Å². The Balaban J connectivity index is 4.48. The van der Waals surface area contributed by atoms with E-state index in [1.807, 2.05) is 0 Å². The molecule has 0 aromatic heterocycles. The van der Waals surface area contributed by atoms with Crippen LogP contribution in [-0.4, -0.2) is 67.7 Å². The van der Waals surface area contributed by atoms with Gasteiger partial charge in [-0.15, -0.1) is 0 Å². The molecule has 0 unspecified atom stereocenters. The molecule has 0 saturated heterocycles. The number of hydrogen-bond acceptors (Lipinski definition) is 6. The van der Waals surface area contributed by atoms with Crippen molar-refractivity contribution in [1.29, 1.82) is 0 Å². The summed E-state index contributed by atoms with van der Waals surface area (Å²) < 4.78 is 14.8. The molecule has 0 rings (SSSR count). The molecule has 0 aromatic carbocycles. The molecule has 0 aliphatic carbocycles. The number of esters is 1. The van der Waals surface area contributed by atoms with Crippen LogP contribution in [0.5, 0.6) is 0 Å². The first kappa shape index (κ1) is 17.7. The lowest BCUT2D eigenvalue weighted by molar-refractivity contribution is -0.155. The Bertz CT molecular complexity index is 299. The average molecular weight is 277 g/mol. The van der Waals surface area contributed by atoms with Gasteiger partial charge in [0.05, 0.1) is 26.9 Å². The minimum Gasteiger partial charge on any atom is -0.467 e. The molecule has 112 valence electrons. The van der Waals surface area contributed by atoms with E-state index in [-0.39, 0.29) is 19.8 Å². The van der Waals surface area contributed by atoms with E-state index in [0.717, 1.165) is 0 Å². The van der Waals surface area contributed by atoms with Gasteiger partial charge in [-0.3, -0.25) is 0 Å². The highest BCUT2D eigenvalue weighted by molar-refractivity contribution is 5.76. The molecule has 0 aromatic rings. The van der Waals surface area contributed by atoms with Crippen molar-refractivity contribution in [3.8, 4) is 0 Å². The van der Waals surface area contributed by atoms with Gasteiger partial charge >= 0.3 is 12.1 Å². The third-order valence-corrected chi connectivity index (χ3v) is 2.02. The summed E-state index contributed by atoms with van der Waals surface area (Å²) in [5.41, 5.74) is -0.613. The van der Waals surface area contributed by atoms with Crippen LogP contribution in [0.3, 0.4) is 0 Å². The zero-order valence-corrected chi connectivity index (χ0v) is 12.1. The molecule has 7 nitrogen and oxygen atoms in total. The number of hydrogen-bond donors (Lipinski definition) is 1. The normalized spacial score (nSPS) is 12.7. The quantitative estimate of drug-likeness (QED) is 0.707. The number of rotatable bonds is 6. The number of aliphatic hydroxyl groups excluding tert-OH is 1. The monoisotopic (exact) mass is 277 g/mol. The molecular formula is C12H23NO6. The third-order valence-electron chi connectivity index (χ3n) is 2.02. The molecule has 0 spiro atoms. The first-order valence-corrected chi connectivity index (χ1v) is 5.95. The second kappa shape index (κ2) is 7.96. The second-order valence-corrected chi connectivity index (χ2v) is 4.97. The van der Waals surface area contributed by atoms with Crippen LogP contribution < -0.4 is 0 Å². The lowest BCUT2D eigenvalue weighted by Crippen LogP contribution is -2.42. The summed E-state index contributed by atoms with van der Waals surface area (Å²) in [6.45, 7) is 5.00. The summed E-state index contributed by atoms with van der Waals surface area (Å²) in [6, 6.07) is 0. The van der Waals surface area contributed by atoms with Gasteiger partial charge in [-0.2, -0.15) is 0 Å². The summed E-state index contributed by atoms with van der Waals surface area (Å²) in [7, 11) is 2.72. The lowest BCUT2D eigenvalue weighted by Gasteiger charge is -2.26. The lowest BCUT2D eigenvalue weighted by atomic mass is 10.2. The minimum atomic E-state index is -0.949. The Morgan fingerprint density at radius 1 is 1.32 bits per heavy atom. The summed E-state index contributed by atoms with van der Waals surface area (Å²) in [4.78, 5) is 24.4. The van der Waals surface area contributed by atoms with Crippen molar-refractivity contribution in [2.24, 2.45) is 0 Å². The Morgan fingerprint density at radius 3 is 2.32 bits per heavy atom. The van der Waals surface area contributed by atoms with E-state index in [0.29, 0.717) is 0 Å². The van der Waals surface area contributed by atoms with Gasteiger partial charge in [-0.1, -0.05) is 0 Å². The van der Waals surface area contributed by atoms with Gasteiger partial charge in [0.2, 0.25) is 0 Å². The molecule has 0 heterocycles. The minimum absolute atomic E-state index is 0.0120. The fraction of sp³-hybridized carbons (Fsp3) is 0.833. The van der Waals surface area contributed by atoms with Crippen LogP contribution in [0, 0.1) is 0 Å². The van der Waals surface area contributed by atoms with Crippen molar-refractivity contribution < 1.29 is 28.9 Å². The summed E-state index contributed by atoms with van der Waals surface area (Å²) in [6.07, 6.45) is -1.51. The van der Waals surface area contributed by atoms with Gasteiger partial charge in [-0.25, -0.2) is 9.59 Å². The Labute approximate surface area is 113 Å². The van der Waals surface area contributed by atoms with E-state index >= 15 is 0 Å². The van der Waals surface area contributed by atoms with Crippen molar-refractivity contribution in [2.75, 3.05) is 33.9 Å². The first-order chi connectivity index (χ1) is 8.71. The fourth-order valence-corrected chi connectivity index (χ4v) is 1.18. The number of nitrogens with zero attached hydrogens (tertiary/aromatic N) is 1. The largest absolute Gasteiger partial charge is 0.467 e. The molecule has 7 heteroatoms. The van der Waals surface area contributed by atoms with Crippen molar-refractivity contribution in [3.05, 3.63) is 0 Å². The van der Waals surface area contributed by atoms with E-state index in [9.17, 15) is 9.59 Å². The maximum absolute atomic E-state index is 11.7. The Morgan fingerprint density at radius 2 is 1.89 bits per heavy atom. The molecule has 0 aliphatic rings. The van der Waals surface area contributed by atoms with Crippen LogP contribution in [0.2, 0.25) is 0 Å². The van der Waals surface area contributed by atoms with Crippen LogP contribution in [-0.2, 0) is 19.0 Å².